The number of aromatic nitrogens is 6. The molecule has 42 heavy (non-hydrogen) atoms. The maximum Gasteiger partial charge on any atom is 0.410 e. The summed E-state index contributed by atoms with van der Waals surface area (Å²) in [5, 5.41) is 4.60. The van der Waals surface area contributed by atoms with Gasteiger partial charge in [-0.25, -0.2) is 19.7 Å². The molecule has 3 aromatic heterocycles. The molecule has 1 aromatic carbocycles. The van der Waals surface area contributed by atoms with Crippen molar-refractivity contribution < 1.29 is 14.3 Å². The van der Waals surface area contributed by atoms with Gasteiger partial charge in [0.15, 0.2) is 11.6 Å². The standard InChI is InChI=1S/C30H37N9O3/c1-30(2,3)42-29(40)39-20-12-21(39)17-37(16-20)24-7-5-6-22-26(24)36(4)28(35-22)25-27(31)32-14-23(34-25)18-13-33-38(15-18)19-8-10-41-11-9-19/h5-7,13-15,19-21H,8-12,16-17H2,1-4H3,(H2,31,32). The number of piperazine rings is 1. The molecule has 0 spiro atoms. The lowest BCUT2D eigenvalue weighted by atomic mass is 9.87. The average molecular weight is 572 g/mol. The first kappa shape index (κ1) is 26.7. The minimum Gasteiger partial charge on any atom is -0.444 e. The van der Waals surface area contributed by atoms with Crippen LogP contribution < -0.4 is 10.6 Å². The molecule has 2 unspecified atom stereocenters. The maximum absolute atomic E-state index is 12.8. The van der Waals surface area contributed by atoms with Gasteiger partial charge in [0.1, 0.15) is 11.3 Å². The van der Waals surface area contributed by atoms with E-state index in [1.54, 1.807) is 6.20 Å². The van der Waals surface area contributed by atoms with E-state index in [2.05, 4.69) is 21.0 Å². The van der Waals surface area contributed by atoms with Crippen molar-refractivity contribution in [1.29, 1.82) is 0 Å². The summed E-state index contributed by atoms with van der Waals surface area (Å²) < 4.78 is 15.2. The number of benzene rings is 1. The van der Waals surface area contributed by atoms with Gasteiger partial charge in [-0.15, -0.1) is 0 Å². The molecular formula is C30H37N9O3. The SMILES string of the molecule is Cn1c(-c2nc(-c3cnn(C4CCOCC4)c3)cnc2N)nc2cccc(N3CC4CC(C3)N4C(=O)OC(C)(C)C)c21. The third-order valence-electron chi connectivity index (χ3n) is 8.49. The predicted molar refractivity (Wildman–Crippen MR) is 159 cm³/mol. The van der Waals surface area contributed by atoms with Crippen LogP contribution in [0.2, 0.25) is 0 Å². The van der Waals surface area contributed by atoms with Gasteiger partial charge in [0, 0.05) is 45.1 Å². The fraction of sp³-hybridized carbons (Fsp3) is 0.500. The molecular weight excluding hydrogens is 534 g/mol. The molecule has 2 bridgehead atoms. The molecule has 12 heteroatoms. The van der Waals surface area contributed by atoms with Crippen LogP contribution in [0.15, 0.2) is 36.8 Å². The van der Waals surface area contributed by atoms with Crippen molar-refractivity contribution in [3.63, 3.8) is 0 Å². The lowest BCUT2D eigenvalue weighted by Gasteiger charge is -2.56. The number of nitrogens with zero attached hydrogens (tertiary/aromatic N) is 8. The Morgan fingerprint density at radius 2 is 1.83 bits per heavy atom. The highest BCUT2D eigenvalue weighted by molar-refractivity contribution is 5.92. The Kier molecular flexibility index (Phi) is 6.34. The van der Waals surface area contributed by atoms with Crippen molar-refractivity contribution in [2.24, 2.45) is 7.05 Å². The molecule has 4 aliphatic rings. The number of amides is 1. The topological polar surface area (TPSA) is 129 Å². The Hall–Kier alpha value is -4.19. The number of carbonyl (C=O) groups excluding carboxylic acids is 1. The molecule has 1 amide bonds. The van der Waals surface area contributed by atoms with Crippen molar-refractivity contribution >= 4 is 28.6 Å². The number of nitrogen functional groups attached to an aromatic ring is 1. The van der Waals surface area contributed by atoms with E-state index in [0.29, 0.717) is 29.1 Å². The van der Waals surface area contributed by atoms with Crippen molar-refractivity contribution in [2.75, 3.05) is 36.9 Å². The summed E-state index contributed by atoms with van der Waals surface area (Å²) in [6.45, 7) is 8.69. The van der Waals surface area contributed by atoms with Crippen LogP contribution >= 0.6 is 0 Å². The number of fused-ring (bicyclic) bond motifs is 3. The van der Waals surface area contributed by atoms with Crippen LogP contribution in [0.4, 0.5) is 16.3 Å². The van der Waals surface area contributed by atoms with Gasteiger partial charge in [0.2, 0.25) is 0 Å². The lowest BCUT2D eigenvalue weighted by molar-refractivity contribution is -0.0379. The molecule has 4 saturated heterocycles. The molecule has 12 nitrogen and oxygen atoms in total. The third kappa shape index (κ3) is 4.63. The largest absolute Gasteiger partial charge is 0.444 e. The zero-order chi connectivity index (χ0) is 29.2. The Labute approximate surface area is 244 Å². The summed E-state index contributed by atoms with van der Waals surface area (Å²) in [6.07, 6.45) is 8.20. The molecule has 8 rings (SSSR count). The van der Waals surface area contributed by atoms with E-state index in [0.717, 1.165) is 67.8 Å². The second kappa shape index (κ2) is 9.97. The first-order valence-electron chi connectivity index (χ1n) is 14.6. The number of para-hydroxylation sites is 1. The maximum atomic E-state index is 12.8. The van der Waals surface area contributed by atoms with E-state index in [-0.39, 0.29) is 18.2 Å². The first-order chi connectivity index (χ1) is 20.2. The molecule has 2 N–H and O–H groups in total. The highest BCUT2D eigenvalue weighted by Gasteiger charge is 2.49. The zero-order valence-electron chi connectivity index (χ0n) is 24.5. The number of ether oxygens (including phenoxy) is 2. The van der Waals surface area contributed by atoms with Gasteiger partial charge >= 0.3 is 6.09 Å². The summed E-state index contributed by atoms with van der Waals surface area (Å²) in [5.41, 5.74) is 10.9. The van der Waals surface area contributed by atoms with E-state index in [4.69, 9.17) is 25.2 Å². The number of anilines is 2. The molecule has 4 aromatic rings. The van der Waals surface area contributed by atoms with Crippen molar-refractivity contribution in [3.05, 3.63) is 36.8 Å². The highest BCUT2D eigenvalue weighted by atomic mass is 16.6. The smallest absolute Gasteiger partial charge is 0.410 e. The summed E-state index contributed by atoms with van der Waals surface area (Å²) in [4.78, 5) is 31.4. The molecule has 0 aliphatic carbocycles. The van der Waals surface area contributed by atoms with Gasteiger partial charge in [0.05, 0.1) is 52.9 Å². The average Bonchev–Trinajstić information content (AvgIpc) is 3.58. The van der Waals surface area contributed by atoms with Crippen LogP contribution in [0.3, 0.4) is 0 Å². The Balaban J connectivity index is 1.17. The number of hydrogen-bond acceptors (Lipinski definition) is 9. The van der Waals surface area contributed by atoms with Crippen molar-refractivity contribution in [1.82, 2.24) is 34.2 Å². The van der Waals surface area contributed by atoms with Crippen LogP contribution in [0.5, 0.6) is 0 Å². The lowest BCUT2D eigenvalue weighted by Crippen LogP contribution is -2.70. The molecule has 0 saturated carbocycles. The predicted octanol–water partition coefficient (Wildman–Crippen LogP) is 4.03. The van der Waals surface area contributed by atoms with E-state index >= 15 is 0 Å². The van der Waals surface area contributed by atoms with E-state index in [1.165, 1.54) is 0 Å². The van der Waals surface area contributed by atoms with Gasteiger partial charge in [-0.05, 0) is 52.2 Å². The van der Waals surface area contributed by atoms with Crippen molar-refractivity contribution in [3.8, 4) is 22.8 Å². The number of hydrogen-bond donors (Lipinski definition) is 1. The number of rotatable bonds is 4. The second-order valence-electron chi connectivity index (χ2n) is 12.5. The fourth-order valence-corrected chi connectivity index (χ4v) is 6.46. The second-order valence-corrected chi connectivity index (χ2v) is 12.5. The number of carbonyl (C=O) groups is 1. The van der Waals surface area contributed by atoms with Gasteiger partial charge in [-0.3, -0.25) is 9.58 Å². The number of nitrogens with two attached hydrogens (primary N) is 1. The summed E-state index contributed by atoms with van der Waals surface area (Å²) in [6, 6.07) is 6.72. The molecule has 0 radical (unpaired) electrons. The number of imidazole rings is 1. The first-order valence-corrected chi connectivity index (χ1v) is 14.6. The van der Waals surface area contributed by atoms with Gasteiger partial charge in [-0.2, -0.15) is 5.10 Å². The molecule has 4 aliphatic heterocycles. The summed E-state index contributed by atoms with van der Waals surface area (Å²) in [5.74, 6) is 0.974. The third-order valence-corrected chi connectivity index (χ3v) is 8.49. The minimum atomic E-state index is -0.509. The van der Waals surface area contributed by atoms with Crippen LogP contribution in [0.1, 0.15) is 46.1 Å². The molecule has 2 atom stereocenters. The zero-order valence-corrected chi connectivity index (χ0v) is 24.5. The number of piperidine rings is 1. The summed E-state index contributed by atoms with van der Waals surface area (Å²) >= 11 is 0. The Morgan fingerprint density at radius 3 is 2.57 bits per heavy atom. The summed E-state index contributed by atoms with van der Waals surface area (Å²) in [7, 11) is 1.99. The quantitative estimate of drug-likeness (QED) is 0.386. The van der Waals surface area contributed by atoms with E-state index in [1.807, 2.05) is 66.5 Å². The monoisotopic (exact) mass is 571 g/mol. The fourth-order valence-electron chi connectivity index (χ4n) is 6.46. The molecule has 220 valence electrons. The highest BCUT2D eigenvalue weighted by Crippen LogP contribution is 2.39. The van der Waals surface area contributed by atoms with Crippen LogP contribution in [-0.4, -0.2) is 84.3 Å². The molecule has 7 heterocycles. The van der Waals surface area contributed by atoms with Gasteiger partial charge in [0.25, 0.3) is 0 Å². The normalized spacial score (nSPS) is 21.0. The minimum absolute atomic E-state index is 0.127. The van der Waals surface area contributed by atoms with E-state index < -0.39 is 5.60 Å². The number of aryl methyl sites for hydroxylation is 1. The van der Waals surface area contributed by atoms with Crippen LogP contribution in [-0.2, 0) is 16.5 Å². The Bertz CT molecular complexity index is 1640. The van der Waals surface area contributed by atoms with Gasteiger partial charge < -0.3 is 24.7 Å². The van der Waals surface area contributed by atoms with Crippen LogP contribution in [0.25, 0.3) is 33.8 Å². The van der Waals surface area contributed by atoms with Gasteiger partial charge in [-0.1, -0.05) is 6.07 Å². The Morgan fingerprint density at radius 1 is 1.07 bits per heavy atom. The van der Waals surface area contributed by atoms with E-state index in [9.17, 15) is 4.79 Å². The molecule has 4 fully saturated rings. The van der Waals surface area contributed by atoms with Crippen LogP contribution in [0, 0.1) is 0 Å². The van der Waals surface area contributed by atoms with Crippen molar-refractivity contribution in [2.45, 2.75) is 63.8 Å².